The lowest BCUT2D eigenvalue weighted by Gasteiger charge is -2.35. The summed E-state index contributed by atoms with van der Waals surface area (Å²) >= 11 is 0. The summed E-state index contributed by atoms with van der Waals surface area (Å²) in [6, 6.07) is 7.16. The summed E-state index contributed by atoms with van der Waals surface area (Å²) in [5.41, 5.74) is 4.68. The number of hydrogen-bond donors (Lipinski definition) is 1. The number of halogens is 1. The van der Waals surface area contributed by atoms with Gasteiger partial charge in [0.05, 0.1) is 36.2 Å². The fourth-order valence-electron chi connectivity index (χ4n) is 8.47. The van der Waals surface area contributed by atoms with Crippen LogP contribution >= 0.6 is 0 Å². The minimum Gasteiger partial charge on any atom is -0.508 e. The molecule has 8 rings (SSSR count). The van der Waals surface area contributed by atoms with E-state index >= 15 is 4.39 Å². The first kappa shape index (κ1) is 28.5. The lowest BCUT2D eigenvalue weighted by atomic mass is 9.92. The standard InChI is InChI=1S/C34H41FN8O2/c1-3-26-28(35)7-6-23-14-25(44)15-30(31(23)26)40-13-8-27-29(20-40)37-33(45-21-34-9-4-11-42(34)18-22(2)16-34)38-32(27)41-10-5-12-43-24(19-41)17-36-39-43/h6-7,14-15,17,22,44H,3-5,8-13,16,18-21H2,1-2H3/t22-,34+/m1/s1. The van der Waals surface area contributed by atoms with Gasteiger partial charge in [-0.15, -0.1) is 5.10 Å². The van der Waals surface area contributed by atoms with Crippen LogP contribution < -0.4 is 14.5 Å². The van der Waals surface area contributed by atoms with Gasteiger partial charge in [0, 0.05) is 48.9 Å². The molecule has 4 aliphatic rings. The van der Waals surface area contributed by atoms with Crippen LogP contribution in [0.25, 0.3) is 10.8 Å². The molecule has 236 valence electrons. The summed E-state index contributed by atoms with van der Waals surface area (Å²) in [7, 11) is 0. The third kappa shape index (κ3) is 4.95. The molecular formula is C34H41FN8O2. The molecule has 0 unspecified atom stereocenters. The van der Waals surface area contributed by atoms with Gasteiger partial charge in [-0.05, 0) is 74.1 Å². The molecule has 2 aromatic heterocycles. The predicted molar refractivity (Wildman–Crippen MR) is 170 cm³/mol. The highest BCUT2D eigenvalue weighted by Crippen LogP contribution is 2.42. The van der Waals surface area contributed by atoms with Crippen molar-refractivity contribution in [2.24, 2.45) is 5.92 Å². The molecule has 4 aliphatic heterocycles. The second-order valence-corrected chi connectivity index (χ2v) is 13.5. The number of ether oxygens (including phenoxy) is 1. The SMILES string of the molecule is CCc1c(F)ccc2cc(O)cc(N3CCc4c(nc(OC[C@@]56CCCN5C[C@H](C)C6)nc4N4CCCn5nncc5C4)C3)c12. The maximum Gasteiger partial charge on any atom is 0.318 e. The second-order valence-electron chi connectivity index (χ2n) is 13.5. The third-order valence-corrected chi connectivity index (χ3v) is 10.5. The minimum absolute atomic E-state index is 0.0623. The number of anilines is 2. The number of aromatic nitrogens is 5. The van der Waals surface area contributed by atoms with Crippen LogP contribution in [0.1, 0.15) is 62.0 Å². The number of hydrogen-bond acceptors (Lipinski definition) is 9. The van der Waals surface area contributed by atoms with Gasteiger partial charge in [0.25, 0.3) is 0 Å². The van der Waals surface area contributed by atoms with E-state index in [-0.39, 0.29) is 17.1 Å². The smallest absolute Gasteiger partial charge is 0.318 e. The molecule has 10 nitrogen and oxygen atoms in total. The van der Waals surface area contributed by atoms with Crippen LogP contribution in [-0.2, 0) is 32.5 Å². The van der Waals surface area contributed by atoms with E-state index in [1.807, 2.05) is 17.8 Å². The van der Waals surface area contributed by atoms with Crippen molar-refractivity contribution in [1.82, 2.24) is 29.9 Å². The van der Waals surface area contributed by atoms with Crippen molar-refractivity contribution in [3.63, 3.8) is 0 Å². The number of aromatic hydroxyl groups is 1. The maximum atomic E-state index is 15.0. The Morgan fingerprint density at radius 3 is 2.87 bits per heavy atom. The molecule has 4 aromatic rings. The highest BCUT2D eigenvalue weighted by Gasteiger charge is 2.48. The van der Waals surface area contributed by atoms with Crippen molar-refractivity contribution in [2.75, 3.05) is 42.6 Å². The maximum absolute atomic E-state index is 15.0. The Kier molecular flexibility index (Phi) is 7.04. The largest absolute Gasteiger partial charge is 0.508 e. The number of fused-ring (bicyclic) bond motifs is 4. The Bertz CT molecular complexity index is 1760. The fourth-order valence-corrected chi connectivity index (χ4v) is 8.47. The molecule has 6 heterocycles. The lowest BCUT2D eigenvalue weighted by Crippen LogP contribution is -2.43. The molecule has 45 heavy (non-hydrogen) atoms. The molecule has 0 saturated carbocycles. The monoisotopic (exact) mass is 612 g/mol. The van der Waals surface area contributed by atoms with Crippen LogP contribution in [0.2, 0.25) is 0 Å². The molecule has 2 aromatic carbocycles. The van der Waals surface area contributed by atoms with Crippen molar-refractivity contribution in [2.45, 2.75) is 77.5 Å². The van der Waals surface area contributed by atoms with Crippen LogP contribution in [0.3, 0.4) is 0 Å². The summed E-state index contributed by atoms with van der Waals surface area (Å²) in [5, 5.41) is 20.8. The molecule has 11 heteroatoms. The van der Waals surface area contributed by atoms with Crippen LogP contribution in [0.4, 0.5) is 15.9 Å². The van der Waals surface area contributed by atoms with Gasteiger partial charge in [-0.1, -0.05) is 25.1 Å². The number of phenolic OH excluding ortho intramolecular Hbond substituents is 1. The van der Waals surface area contributed by atoms with Crippen molar-refractivity contribution >= 4 is 22.3 Å². The van der Waals surface area contributed by atoms with E-state index in [2.05, 4.69) is 31.9 Å². The Morgan fingerprint density at radius 2 is 1.98 bits per heavy atom. The van der Waals surface area contributed by atoms with E-state index in [1.165, 1.54) is 12.5 Å². The Labute approximate surface area is 262 Å². The zero-order chi connectivity index (χ0) is 30.7. The molecule has 0 amide bonds. The Morgan fingerprint density at radius 1 is 1.07 bits per heavy atom. The van der Waals surface area contributed by atoms with Gasteiger partial charge in [-0.25, -0.2) is 9.07 Å². The highest BCUT2D eigenvalue weighted by atomic mass is 19.1. The van der Waals surface area contributed by atoms with E-state index in [4.69, 9.17) is 14.7 Å². The van der Waals surface area contributed by atoms with Crippen molar-refractivity contribution < 1.29 is 14.2 Å². The molecule has 2 fully saturated rings. The minimum atomic E-state index is -0.217. The number of phenols is 1. The zero-order valence-electron chi connectivity index (χ0n) is 26.2. The summed E-state index contributed by atoms with van der Waals surface area (Å²) in [6.07, 6.45) is 7.56. The molecule has 0 aliphatic carbocycles. The molecule has 0 radical (unpaired) electrons. The van der Waals surface area contributed by atoms with Gasteiger partial charge in [0.15, 0.2) is 0 Å². The van der Waals surface area contributed by atoms with Gasteiger partial charge in [-0.2, -0.15) is 9.97 Å². The van der Waals surface area contributed by atoms with Gasteiger partial charge < -0.3 is 19.6 Å². The van der Waals surface area contributed by atoms with Gasteiger partial charge in [0.2, 0.25) is 0 Å². The first-order valence-corrected chi connectivity index (χ1v) is 16.5. The quantitative estimate of drug-likeness (QED) is 0.328. The molecule has 2 atom stereocenters. The fraction of sp³-hybridized carbons (Fsp3) is 0.529. The predicted octanol–water partition coefficient (Wildman–Crippen LogP) is 4.85. The van der Waals surface area contributed by atoms with Gasteiger partial charge in [0.1, 0.15) is 24.0 Å². The van der Waals surface area contributed by atoms with Crippen molar-refractivity contribution in [1.29, 1.82) is 0 Å². The first-order chi connectivity index (χ1) is 21.9. The third-order valence-electron chi connectivity index (χ3n) is 10.5. The Balaban J connectivity index is 1.18. The normalized spacial score (nSPS) is 23.2. The first-order valence-electron chi connectivity index (χ1n) is 16.5. The van der Waals surface area contributed by atoms with Crippen molar-refractivity contribution in [3.8, 4) is 11.8 Å². The molecular weight excluding hydrogens is 571 g/mol. The average molecular weight is 613 g/mol. The molecule has 1 N–H and O–H groups in total. The molecule has 0 bridgehead atoms. The topological polar surface area (TPSA) is 95.7 Å². The van der Waals surface area contributed by atoms with E-state index in [1.54, 1.807) is 18.2 Å². The van der Waals surface area contributed by atoms with E-state index in [9.17, 15) is 5.11 Å². The molecule has 2 saturated heterocycles. The Hall–Kier alpha value is -3.99. The number of aryl methyl sites for hydroxylation is 2. The van der Waals surface area contributed by atoms with Crippen LogP contribution in [-0.4, -0.2) is 73.3 Å². The van der Waals surface area contributed by atoms with Crippen LogP contribution in [0.15, 0.2) is 30.5 Å². The van der Waals surface area contributed by atoms with E-state index < -0.39 is 0 Å². The highest BCUT2D eigenvalue weighted by molar-refractivity contribution is 5.98. The lowest BCUT2D eigenvalue weighted by molar-refractivity contribution is 0.107. The second kappa shape index (κ2) is 11.1. The summed E-state index contributed by atoms with van der Waals surface area (Å²) in [5.74, 6) is 1.54. The van der Waals surface area contributed by atoms with Crippen molar-refractivity contribution in [3.05, 3.63) is 58.8 Å². The van der Waals surface area contributed by atoms with Crippen LogP contribution in [0, 0.1) is 11.7 Å². The molecule has 0 spiro atoms. The van der Waals surface area contributed by atoms with Gasteiger partial charge >= 0.3 is 6.01 Å². The summed E-state index contributed by atoms with van der Waals surface area (Å²) in [4.78, 5) is 17.3. The number of rotatable bonds is 6. The summed E-state index contributed by atoms with van der Waals surface area (Å²) < 4.78 is 23.6. The van der Waals surface area contributed by atoms with E-state index in [0.29, 0.717) is 50.2 Å². The van der Waals surface area contributed by atoms with E-state index in [0.717, 1.165) is 91.1 Å². The van der Waals surface area contributed by atoms with Gasteiger partial charge in [-0.3, -0.25) is 4.90 Å². The average Bonchev–Trinajstić information content (AvgIpc) is 3.68. The number of nitrogens with zero attached hydrogens (tertiary/aromatic N) is 8. The van der Waals surface area contributed by atoms with Crippen LogP contribution in [0.5, 0.6) is 11.8 Å². The zero-order valence-corrected chi connectivity index (χ0v) is 26.2. The summed E-state index contributed by atoms with van der Waals surface area (Å²) in [6.45, 7) is 10.7. The number of benzene rings is 2.